The molecule has 1 unspecified atom stereocenters. The van der Waals surface area contributed by atoms with Crippen LogP contribution >= 0.6 is 0 Å². The van der Waals surface area contributed by atoms with E-state index in [0.29, 0.717) is 12.1 Å². The second kappa shape index (κ2) is 11.8. The topological polar surface area (TPSA) is 111 Å². The molecule has 0 saturated heterocycles. The van der Waals surface area contributed by atoms with Crippen LogP contribution in [-0.4, -0.2) is 47.2 Å². The lowest BCUT2D eigenvalue weighted by Crippen LogP contribution is -2.51. The fourth-order valence-corrected chi connectivity index (χ4v) is 2.58. The largest absolute Gasteiger partial charge is 0.391 e. The molecule has 2 rings (SSSR count). The summed E-state index contributed by atoms with van der Waals surface area (Å²) in [6, 6.07) is 12.2. The molecule has 0 aliphatic carbocycles. The predicted molar refractivity (Wildman–Crippen MR) is 109 cm³/mol. The van der Waals surface area contributed by atoms with E-state index < -0.39 is 30.4 Å². The van der Waals surface area contributed by atoms with Crippen LogP contribution in [0.25, 0.3) is 0 Å². The Balaban J connectivity index is 1.97. The van der Waals surface area contributed by atoms with Gasteiger partial charge in [-0.05, 0) is 48.9 Å². The van der Waals surface area contributed by atoms with Crippen LogP contribution in [0.2, 0.25) is 0 Å². The molecule has 2 atom stereocenters. The number of carbonyl (C=O) groups excluding carboxylic acids is 2. The number of alkyl halides is 2. The molecule has 0 spiro atoms. The summed E-state index contributed by atoms with van der Waals surface area (Å²) in [6.45, 7) is 1.30. The number of carbonyl (C=O) groups is 2. The average Bonchev–Trinajstić information content (AvgIpc) is 2.76. The van der Waals surface area contributed by atoms with Crippen molar-refractivity contribution in [3.05, 3.63) is 70.8 Å². The summed E-state index contributed by atoms with van der Waals surface area (Å²) in [6.07, 6.45) is -3.59. The van der Waals surface area contributed by atoms with Gasteiger partial charge in [-0.2, -0.15) is 0 Å². The molecule has 5 N–H and O–H groups in total. The molecule has 0 heterocycles. The standard InChI is InChI=1S/C22H23F2N3O4/c1-14(28)20(22(30)27-31)26-21(29)18-10-8-16(9-11-18)3-2-15-4-6-17(7-5-15)12-25-13-19(23)24/h4-11,14,19-20,25,28,31H,12-13H2,1H3,(H,26,29)(H,27,30)/t14-,20?/m1/s1. The number of rotatable bonds is 8. The van der Waals surface area contributed by atoms with Gasteiger partial charge in [-0.25, -0.2) is 14.3 Å². The minimum absolute atomic E-state index is 0.252. The van der Waals surface area contributed by atoms with E-state index in [9.17, 15) is 23.5 Å². The van der Waals surface area contributed by atoms with Crippen LogP contribution in [0.5, 0.6) is 0 Å². The van der Waals surface area contributed by atoms with Crippen molar-refractivity contribution in [2.45, 2.75) is 32.0 Å². The van der Waals surface area contributed by atoms with E-state index in [1.165, 1.54) is 24.5 Å². The number of nitrogens with one attached hydrogen (secondary N) is 3. The normalized spacial score (nSPS) is 12.5. The minimum Gasteiger partial charge on any atom is -0.391 e. The van der Waals surface area contributed by atoms with Crippen molar-refractivity contribution in [1.29, 1.82) is 0 Å². The number of hydrogen-bond acceptors (Lipinski definition) is 5. The molecule has 2 amide bonds. The number of benzene rings is 2. The Labute approximate surface area is 178 Å². The number of aliphatic hydroxyl groups is 1. The number of amides is 2. The van der Waals surface area contributed by atoms with Gasteiger partial charge >= 0.3 is 0 Å². The van der Waals surface area contributed by atoms with E-state index in [4.69, 9.17) is 5.21 Å². The molecule has 0 aromatic heterocycles. The molecule has 0 radical (unpaired) electrons. The highest BCUT2D eigenvalue weighted by molar-refractivity contribution is 5.97. The Bertz CT molecular complexity index is 936. The van der Waals surface area contributed by atoms with Crippen molar-refractivity contribution in [2.24, 2.45) is 0 Å². The van der Waals surface area contributed by atoms with Gasteiger partial charge in [0, 0.05) is 23.2 Å². The third-order valence-electron chi connectivity index (χ3n) is 4.24. The first-order valence-electron chi connectivity index (χ1n) is 9.43. The van der Waals surface area contributed by atoms with Gasteiger partial charge in [0.05, 0.1) is 12.6 Å². The number of aliphatic hydroxyl groups excluding tert-OH is 1. The van der Waals surface area contributed by atoms with E-state index >= 15 is 0 Å². The Morgan fingerprint density at radius 2 is 1.55 bits per heavy atom. The van der Waals surface area contributed by atoms with Gasteiger partial charge in [0.1, 0.15) is 6.04 Å². The summed E-state index contributed by atoms with van der Waals surface area (Å²) < 4.78 is 24.3. The van der Waals surface area contributed by atoms with Crippen LogP contribution in [-0.2, 0) is 11.3 Å². The fourth-order valence-electron chi connectivity index (χ4n) is 2.58. The van der Waals surface area contributed by atoms with Crippen LogP contribution in [0.3, 0.4) is 0 Å². The van der Waals surface area contributed by atoms with Crippen molar-refractivity contribution in [3.63, 3.8) is 0 Å². The first kappa shape index (κ1) is 24.0. The lowest BCUT2D eigenvalue weighted by Gasteiger charge is -2.19. The molecule has 164 valence electrons. The molecule has 0 bridgehead atoms. The molecule has 0 aliphatic heterocycles. The molecule has 2 aromatic carbocycles. The minimum atomic E-state index is -2.39. The van der Waals surface area contributed by atoms with Gasteiger partial charge in [0.2, 0.25) is 0 Å². The van der Waals surface area contributed by atoms with Crippen LogP contribution in [0, 0.1) is 11.8 Å². The van der Waals surface area contributed by atoms with Gasteiger partial charge in [-0.3, -0.25) is 14.8 Å². The van der Waals surface area contributed by atoms with Crippen molar-refractivity contribution in [3.8, 4) is 11.8 Å². The molecule has 0 fully saturated rings. The van der Waals surface area contributed by atoms with Gasteiger partial charge in [0.25, 0.3) is 18.2 Å². The van der Waals surface area contributed by atoms with Gasteiger partial charge in [-0.1, -0.05) is 24.0 Å². The zero-order valence-corrected chi connectivity index (χ0v) is 16.7. The van der Waals surface area contributed by atoms with Crippen LogP contribution in [0.1, 0.15) is 34.0 Å². The van der Waals surface area contributed by atoms with E-state index in [-0.39, 0.29) is 12.1 Å². The Hall–Kier alpha value is -3.32. The lowest BCUT2D eigenvalue weighted by molar-refractivity contribution is -0.133. The monoisotopic (exact) mass is 431 g/mol. The maximum absolute atomic E-state index is 12.2. The highest BCUT2D eigenvalue weighted by Gasteiger charge is 2.25. The lowest BCUT2D eigenvalue weighted by atomic mass is 10.1. The fraction of sp³-hybridized carbons (Fsp3) is 0.273. The molecular formula is C22H23F2N3O4. The number of halogens is 2. The maximum atomic E-state index is 12.2. The van der Waals surface area contributed by atoms with Crippen molar-refractivity contribution in [2.75, 3.05) is 6.54 Å². The van der Waals surface area contributed by atoms with E-state index in [1.807, 2.05) is 0 Å². The smallest absolute Gasteiger partial charge is 0.268 e. The third kappa shape index (κ3) is 7.79. The average molecular weight is 431 g/mol. The summed E-state index contributed by atoms with van der Waals surface area (Å²) in [4.78, 5) is 23.8. The molecule has 2 aromatic rings. The second-order valence-corrected chi connectivity index (χ2v) is 6.71. The molecule has 9 heteroatoms. The Kier molecular flexibility index (Phi) is 9.09. The van der Waals surface area contributed by atoms with E-state index in [1.54, 1.807) is 36.4 Å². The maximum Gasteiger partial charge on any atom is 0.268 e. The van der Waals surface area contributed by atoms with Gasteiger partial charge < -0.3 is 15.7 Å². The zero-order chi connectivity index (χ0) is 22.8. The van der Waals surface area contributed by atoms with Crippen molar-refractivity contribution >= 4 is 11.8 Å². The highest BCUT2D eigenvalue weighted by atomic mass is 19.3. The predicted octanol–water partition coefficient (Wildman–Crippen LogP) is 1.43. The summed E-state index contributed by atoms with van der Waals surface area (Å²) in [5.74, 6) is 4.41. The molecule has 31 heavy (non-hydrogen) atoms. The molecule has 0 aliphatic rings. The molecule has 7 nitrogen and oxygen atoms in total. The van der Waals surface area contributed by atoms with Crippen molar-refractivity contribution in [1.82, 2.24) is 16.1 Å². The summed E-state index contributed by atoms with van der Waals surface area (Å²) in [5.41, 5.74) is 3.91. The first-order valence-corrected chi connectivity index (χ1v) is 9.43. The third-order valence-corrected chi connectivity index (χ3v) is 4.24. The SMILES string of the molecule is C[C@@H](O)C(NC(=O)c1ccc(C#Cc2ccc(CNCC(F)F)cc2)cc1)C(=O)NO. The first-order chi connectivity index (χ1) is 14.8. The summed E-state index contributed by atoms with van der Waals surface area (Å²) in [7, 11) is 0. The quantitative estimate of drug-likeness (QED) is 0.247. The van der Waals surface area contributed by atoms with Crippen LogP contribution < -0.4 is 16.1 Å². The zero-order valence-electron chi connectivity index (χ0n) is 16.7. The Morgan fingerprint density at radius 3 is 2.03 bits per heavy atom. The van der Waals surface area contributed by atoms with E-state index in [0.717, 1.165) is 11.1 Å². The number of hydroxylamine groups is 1. The summed E-state index contributed by atoms with van der Waals surface area (Å²) >= 11 is 0. The molecular weight excluding hydrogens is 408 g/mol. The van der Waals surface area contributed by atoms with Gasteiger partial charge in [0.15, 0.2) is 0 Å². The van der Waals surface area contributed by atoms with Crippen LogP contribution in [0.4, 0.5) is 8.78 Å². The highest BCUT2D eigenvalue weighted by Crippen LogP contribution is 2.07. The summed E-state index contributed by atoms with van der Waals surface area (Å²) in [5, 5.41) is 23.3. The Morgan fingerprint density at radius 1 is 1.00 bits per heavy atom. The van der Waals surface area contributed by atoms with Gasteiger partial charge in [-0.15, -0.1) is 0 Å². The van der Waals surface area contributed by atoms with Crippen molar-refractivity contribution < 1.29 is 28.7 Å². The number of hydrogen-bond donors (Lipinski definition) is 5. The van der Waals surface area contributed by atoms with Crippen LogP contribution in [0.15, 0.2) is 48.5 Å². The second-order valence-electron chi connectivity index (χ2n) is 6.71. The van der Waals surface area contributed by atoms with E-state index in [2.05, 4.69) is 22.5 Å². The molecule has 0 saturated carbocycles.